The minimum Gasteiger partial charge on any atom is -0.409 e. The maximum atomic E-state index is 12.0. The number of nitrogens with one attached hydrogen (secondary N) is 1. The van der Waals surface area contributed by atoms with Gasteiger partial charge in [0.05, 0.1) is 4.90 Å². The molecule has 6 nitrogen and oxygen atoms in total. The summed E-state index contributed by atoms with van der Waals surface area (Å²) in [6.45, 7) is 2.32. The Kier molecular flexibility index (Phi) is 6.47. The van der Waals surface area contributed by atoms with Gasteiger partial charge in [-0.3, -0.25) is 0 Å². The molecule has 0 aliphatic heterocycles. The third-order valence-electron chi connectivity index (χ3n) is 2.80. The molecular formula is C13H21N3O3S. The largest absolute Gasteiger partial charge is 0.409 e. The summed E-state index contributed by atoms with van der Waals surface area (Å²) in [5.41, 5.74) is 6.43. The number of hydrogen-bond acceptors (Lipinski definition) is 4. The second-order valence-electron chi connectivity index (χ2n) is 4.49. The van der Waals surface area contributed by atoms with Crippen molar-refractivity contribution in [2.75, 3.05) is 6.54 Å². The monoisotopic (exact) mass is 299 g/mol. The number of aryl methyl sites for hydroxylation is 1. The minimum absolute atomic E-state index is 0.0908. The van der Waals surface area contributed by atoms with E-state index in [1.165, 1.54) is 0 Å². The quantitative estimate of drug-likeness (QED) is 0.222. The Bertz CT molecular complexity index is 538. The highest BCUT2D eigenvalue weighted by Crippen LogP contribution is 2.11. The molecule has 0 radical (unpaired) electrons. The Morgan fingerprint density at radius 1 is 1.35 bits per heavy atom. The SMILES string of the molecule is CCCc1ccc(S(=O)(=O)NCCCC(N)=NO)cc1. The topological polar surface area (TPSA) is 105 Å². The van der Waals surface area contributed by atoms with Crippen LogP contribution in [0, 0.1) is 0 Å². The zero-order valence-corrected chi connectivity index (χ0v) is 12.4. The summed E-state index contributed by atoms with van der Waals surface area (Å²) in [6.07, 6.45) is 2.78. The fraction of sp³-hybridized carbons (Fsp3) is 0.462. The number of amidine groups is 1. The Morgan fingerprint density at radius 3 is 2.55 bits per heavy atom. The molecule has 0 fully saturated rings. The van der Waals surface area contributed by atoms with E-state index in [1.807, 2.05) is 12.1 Å². The smallest absolute Gasteiger partial charge is 0.240 e. The van der Waals surface area contributed by atoms with E-state index in [-0.39, 0.29) is 17.3 Å². The zero-order chi connectivity index (χ0) is 15.0. The molecule has 0 atom stereocenters. The fourth-order valence-corrected chi connectivity index (χ4v) is 2.81. The van der Waals surface area contributed by atoms with E-state index in [2.05, 4.69) is 16.8 Å². The van der Waals surface area contributed by atoms with E-state index in [4.69, 9.17) is 10.9 Å². The lowest BCUT2D eigenvalue weighted by Gasteiger charge is -2.07. The third-order valence-corrected chi connectivity index (χ3v) is 4.28. The maximum Gasteiger partial charge on any atom is 0.240 e. The van der Waals surface area contributed by atoms with Gasteiger partial charge in [0.15, 0.2) is 0 Å². The van der Waals surface area contributed by atoms with Crippen LogP contribution >= 0.6 is 0 Å². The zero-order valence-electron chi connectivity index (χ0n) is 11.5. The highest BCUT2D eigenvalue weighted by Gasteiger charge is 2.12. The van der Waals surface area contributed by atoms with Crippen LogP contribution in [-0.2, 0) is 16.4 Å². The van der Waals surface area contributed by atoms with Gasteiger partial charge in [0.2, 0.25) is 10.0 Å². The van der Waals surface area contributed by atoms with Gasteiger partial charge in [-0.15, -0.1) is 0 Å². The van der Waals surface area contributed by atoms with E-state index in [1.54, 1.807) is 12.1 Å². The molecule has 0 saturated heterocycles. The first kappa shape index (κ1) is 16.5. The lowest BCUT2D eigenvalue weighted by Crippen LogP contribution is -2.26. The van der Waals surface area contributed by atoms with Crippen molar-refractivity contribution in [2.45, 2.75) is 37.5 Å². The molecule has 0 heterocycles. The molecule has 1 rings (SSSR count). The van der Waals surface area contributed by atoms with Crippen molar-refractivity contribution in [1.29, 1.82) is 0 Å². The first-order valence-corrected chi connectivity index (χ1v) is 8.03. The molecular weight excluding hydrogens is 278 g/mol. The van der Waals surface area contributed by atoms with Gasteiger partial charge in [0.1, 0.15) is 5.84 Å². The van der Waals surface area contributed by atoms with Gasteiger partial charge >= 0.3 is 0 Å². The molecule has 0 aliphatic rings. The predicted molar refractivity (Wildman–Crippen MR) is 78.3 cm³/mol. The molecule has 0 saturated carbocycles. The number of nitrogens with two attached hydrogens (primary N) is 1. The van der Waals surface area contributed by atoms with Crippen LogP contribution in [-0.4, -0.2) is 26.0 Å². The van der Waals surface area contributed by atoms with Crippen LogP contribution in [0.3, 0.4) is 0 Å². The van der Waals surface area contributed by atoms with Crippen molar-refractivity contribution < 1.29 is 13.6 Å². The van der Waals surface area contributed by atoms with Gasteiger partial charge in [-0.25, -0.2) is 13.1 Å². The van der Waals surface area contributed by atoms with Gasteiger partial charge in [-0.1, -0.05) is 30.6 Å². The predicted octanol–water partition coefficient (Wildman–Crippen LogP) is 1.44. The third kappa shape index (κ3) is 5.18. The number of nitrogens with zero attached hydrogens (tertiary/aromatic N) is 1. The van der Waals surface area contributed by atoms with Crippen molar-refractivity contribution in [3.63, 3.8) is 0 Å². The average molecular weight is 299 g/mol. The van der Waals surface area contributed by atoms with Crippen molar-refractivity contribution in [3.05, 3.63) is 29.8 Å². The molecule has 0 aliphatic carbocycles. The molecule has 0 spiro atoms. The molecule has 0 unspecified atom stereocenters. The standard InChI is InChI=1S/C13H21N3O3S/c1-2-4-11-6-8-12(9-7-11)20(18,19)15-10-3-5-13(14)16-17/h6-9,15,17H,2-5,10H2,1H3,(H2,14,16). The average Bonchev–Trinajstić information content (AvgIpc) is 2.44. The summed E-state index contributed by atoms with van der Waals surface area (Å²) in [5.74, 6) is 0.0908. The Morgan fingerprint density at radius 2 is 2.00 bits per heavy atom. The molecule has 1 aromatic rings. The molecule has 0 amide bonds. The van der Waals surface area contributed by atoms with Gasteiger partial charge < -0.3 is 10.9 Å². The van der Waals surface area contributed by atoms with E-state index >= 15 is 0 Å². The van der Waals surface area contributed by atoms with Crippen molar-refractivity contribution in [1.82, 2.24) is 4.72 Å². The first-order valence-electron chi connectivity index (χ1n) is 6.54. The molecule has 0 bridgehead atoms. The number of benzene rings is 1. The Hall–Kier alpha value is -1.60. The summed E-state index contributed by atoms with van der Waals surface area (Å²) in [7, 11) is -3.49. The van der Waals surface area contributed by atoms with E-state index in [0.717, 1.165) is 18.4 Å². The highest BCUT2D eigenvalue weighted by molar-refractivity contribution is 7.89. The second kappa shape index (κ2) is 7.86. The number of oxime groups is 1. The van der Waals surface area contributed by atoms with Gasteiger partial charge in [0, 0.05) is 13.0 Å². The van der Waals surface area contributed by atoms with Gasteiger partial charge in [-0.2, -0.15) is 0 Å². The number of hydrogen-bond donors (Lipinski definition) is 3. The van der Waals surface area contributed by atoms with Crippen LogP contribution in [0.5, 0.6) is 0 Å². The number of sulfonamides is 1. The normalized spacial score (nSPS) is 12.6. The molecule has 0 aromatic heterocycles. The molecule has 7 heteroatoms. The van der Waals surface area contributed by atoms with Crippen molar-refractivity contribution >= 4 is 15.9 Å². The summed E-state index contributed by atoms with van der Waals surface area (Å²) in [4.78, 5) is 0.251. The molecule has 112 valence electrons. The molecule has 1 aromatic carbocycles. The summed E-state index contributed by atoms with van der Waals surface area (Å²) in [6, 6.07) is 6.87. The Labute approximate surface area is 119 Å². The van der Waals surface area contributed by atoms with Crippen LogP contribution < -0.4 is 10.5 Å². The maximum absolute atomic E-state index is 12.0. The molecule has 4 N–H and O–H groups in total. The second-order valence-corrected chi connectivity index (χ2v) is 6.25. The Balaban J connectivity index is 2.55. The van der Waals surface area contributed by atoms with Crippen LogP contribution in [0.4, 0.5) is 0 Å². The molecule has 20 heavy (non-hydrogen) atoms. The van der Waals surface area contributed by atoms with Crippen molar-refractivity contribution in [2.24, 2.45) is 10.9 Å². The lowest BCUT2D eigenvalue weighted by molar-refractivity contribution is 0.316. The summed E-state index contributed by atoms with van der Waals surface area (Å²) >= 11 is 0. The highest BCUT2D eigenvalue weighted by atomic mass is 32.2. The van der Waals surface area contributed by atoms with Crippen molar-refractivity contribution in [3.8, 4) is 0 Å². The number of rotatable bonds is 8. The van der Waals surface area contributed by atoms with Gasteiger partial charge in [0.25, 0.3) is 0 Å². The first-order chi connectivity index (χ1) is 9.49. The minimum atomic E-state index is -3.49. The van der Waals surface area contributed by atoms with Gasteiger partial charge in [-0.05, 0) is 30.5 Å². The van der Waals surface area contributed by atoms with Crippen LogP contribution in [0.2, 0.25) is 0 Å². The summed E-state index contributed by atoms with van der Waals surface area (Å²) in [5, 5.41) is 11.2. The van der Waals surface area contributed by atoms with E-state index < -0.39 is 10.0 Å². The van der Waals surface area contributed by atoms with E-state index in [9.17, 15) is 8.42 Å². The van der Waals surface area contributed by atoms with E-state index in [0.29, 0.717) is 12.8 Å². The van der Waals surface area contributed by atoms with Crippen LogP contribution in [0.1, 0.15) is 31.7 Å². The fourth-order valence-electron chi connectivity index (χ4n) is 1.73. The summed E-state index contributed by atoms with van der Waals surface area (Å²) < 4.78 is 26.5. The van der Waals surface area contributed by atoms with Crippen LogP contribution in [0.25, 0.3) is 0 Å². The van der Waals surface area contributed by atoms with Crippen LogP contribution in [0.15, 0.2) is 34.3 Å². The lowest BCUT2D eigenvalue weighted by atomic mass is 10.1.